The van der Waals surface area contributed by atoms with Gasteiger partial charge in [-0.3, -0.25) is 4.90 Å². The highest BCUT2D eigenvalue weighted by atomic mass is 16.3. The van der Waals surface area contributed by atoms with Crippen LogP contribution in [-0.4, -0.2) is 46.8 Å². The molecule has 1 aliphatic heterocycles. The van der Waals surface area contributed by atoms with Gasteiger partial charge in [-0.1, -0.05) is 6.92 Å². The number of nitrogens with zero attached hydrogens (tertiary/aromatic N) is 1. The zero-order valence-electron chi connectivity index (χ0n) is 13.0. The van der Waals surface area contributed by atoms with E-state index >= 15 is 0 Å². The van der Waals surface area contributed by atoms with Crippen LogP contribution >= 0.6 is 0 Å². The Bertz CT molecular complexity index is 282. The summed E-state index contributed by atoms with van der Waals surface area (Å²) in [5.74, 6) is 0. The number of nitrogens with one attached hydrogen (secondary N) is 1. The van der Waals surface area contributed by atoms with Crippen LogP contribution in [-0.2, 0) is 0 Å². The first-order valence-corrected chi connectivity index (χ1v) is 8.15. The van der Waals surface area contributed by atoms with Crippen LogP contribution in [0, 0.1) is 0 Å². The number of aliphatic hydroxyl groups excluding tert-OH is 1. The lowest BCUT2D eigenvalue weighted by Gasteiger charge is -2.35. The molecule has 0 aromatic carbocycles. The van der Waals surface area contributed by atoms with Crippen LogP contribution in [0.15, 0.2) is 0 Å². The topological polar surface area (TPSA) is 35.5 Å². The molecule has 19 heavy (non-hydrogen) atoms. The Balaban J connectivity index is 1.78. The van der Waals surface area contributed by atoms with Gasteiger partial charge in [0.1, 0.15) is 0 Å². The van der Waals surface area contributed by atoms with Crippen LogP contribution in [0.4, 0.5) is 0 Å². The number of hydrogen-bond donors (Lipinski definition) is 2. The van der Waals surface area contributed by atoms with E-state index in [1.54, 1.807) is 0 Å². The molecule has 0 amide bonds. The van der Waals surface area contributed by atoms with Gasteiger partial charge in [0.2, 0.25) is 0 Å². The molecular formula is C16H32N2O. The lowest BCUT2D eigenvalue weighted by Crippen LogP contribution is -2.50. The van der Waals surface area contributed by atoms with Gasteiger partial charge in [0, 0.05) is 17.1 Å². The molecule has 0 aromatic rings. The number of aliphatic hydroxyl groups is 1. The predicted octanol–water partition coefficient (Wildman–Crippen LogP) is 2.53. The molecular weight excluding hydrogens is 236 g/mol. The monoisotopic (exact) mass is 268 g/mol. The van der Waals surface area contributed by atoms with Crippen molar-refractivity contribution in [1.29, 1.82) is 0 Å². The SMILES string of the molecule is CCC(CO)(CCCN1CCCC1(C)C)NC1CC1. The van der Waals surface area contributed by atoms with E-state index in [1.165, 1.54) is 45.2 Å². The van der Waals surface area contributed by atoms with E-state index in [1.807, 2.05) is 0 Å². The van der Waals surface area contributed by atoms with Crippen molar-refractivity contribution < 1.29 is 5.11 Å². The van der Waals surface area contributed by atoms with Crippen molar-refractivity contribution in [2.45, 2.75) is 82.8 Å². The van der Waals surface area contributed by atoms with Crippen LogP contribution < -0.4 is 5.32 Å². The van der Waals surface area contributed by atoms with E-state index in [9.17, 15) is 5.11 Å². The molecule has 0 spiro atoms. The summed E-state index contributed by atoms with van der Waals surface area (Å²) < 4.78 is 0. The van der Waals surface area contributed by atoms with Crippen LogP contribution in [0.2, 0.25) is 0 Å². The smallest absolute Gasteiger partial charge is 0.0613 e. The van der Waals surface area contributed by atoms with Crippen molar-refractivity contribution in [2.24, 2.45) is 0 Å². The molecule has 3 heteroatoms. The molecule has 1 aliphatic carbocycles. The van der Waals surface area contributed by atoms with Crippen molar-refractivity contribution in [3.05, 3.63) is 0 Å². The lowest BCUT2D eigenvalue weighted by molar-refractivity contribution is 0.125. The quantitative estimate of drug-likeness (QED) is 0.710. The Hall–Kier alpha value is -0.120. The highest BCUT2D eigenvalue weighted by Crippen LogP contribution is 2.30. The molecule has 1 unspecified atom stereocenters. The fourth-order valence-corrected chi connectivity index (χ4v) is 3.43. The maximum absolute atomic E-state index is 9.77. The molecule has 0 radical (unpaired) electrons. The summed E-state index contributed by atoms with van der Waals surface area (Å²) in [5, 5.41) is 13.5. The standard InChI is InChI=1S/C16H32N2O/c1-4-16(13-19,17-14-7-8-14)10-6-12-18-11-5-9-15(18,2)3/h14,17,19H,4-13H2,1-3H3. The Kier molecular flexibility index (Phi) is 4.91. The third kappa shape index (κ3) is 3.93. The van der Waals surface area contributed by atoms with E-state index in [-0.39, 0.29) is 12.1 Å². The Morgan fingerprint density at radius 2 is 2.11 bits per heavy atom. The Labute approximate surface area is 118 Å². The van der Waals surface area contributed by atoms with Gasteiger partial charge < -0.3 is 10.4 Å². The first-order chi connectivity index (χ1) is 9.01. The Morgan fingerprint density at radius 3 is 2.58 bits per heavy atom. The Morgan fingerprint density at radius 1 is 1.37 bits per heavy atom. The summed E-state index contributed by atoms with van der Waals surface area (Å²) in [7, 11) is 0. The summed E-state index contributed by atoms with van der Waals surface area (Å²) in [4.78, 5) is 2.63. The van der Waals surface area contributed by atoms with Gasteiger partial charge in [-0.15, -0.1) is 0 Å². The molecule has 2 rings (SSSR count). The number of rotatable bonds is 8. The summed E-state index contributed by atoms with van der Waals surface area (Å²) in [5.41, 5.74) is 0.364. The molecule has 2 N–H and O–H groups in total. The highest BCUT2D eigenvalue weighted by Gasteiger charge is 2.35. The van der Waals surface area contributed by atoms with Crippen molar-refractivity contribution in [3.8, 4) is 0 Å². The van der Waals surface area contributed by atoms with Crippen molar-refractivity contribution in [1.82, 2.24) is 10.2 Å². The molecule has 0 bridgehead atoms. The molecule has 3 nitrogen and oxygen atoms in total. The average Bonchev–Trinajstić information content (AvgIpc) is 3.13. The molecule has 0 aromatic heterocycles. The summed E-state index contributed by atoms with van der Waals surface area (Å²) in [6.45, 7) is 9.64. The molecule has 1 atom stereocenters. The third-order valence-electron chi connectivity index (χ3n) is 5.22. The normalized spacial score (nSPS) is 26.5. The zero-order chi connectivity index (χ0) is 13.9. The van der Waals surface area contributed by atoms with Crippen molar-refractivity contribution in [2.75, 3.05) is 19.7 Å². The molecule has 1 saturated carbocycles. The first-order valence-electron chi connectivity index (χ1n) is 8.15. The van der Waals surface area contributed by atoms with Crippen LogP contribution in [0.5, 0.6) is 0 Å². The van der Waals surface area contributed by atoms with E-state index in [0.717, 1.165) is 12.8 Å². The van der Waals surface area contributed by atoms with E-state index in [4.69, 9.17) is 0 Å². The van der Waals surface area contributed by atoms with Gasteiger partial charge in [0.25, 0.3) is 0 Å². The largest absolute Gasteiger partial charge is 0.394 e. The molecule has 112 valence electrons. The van der Waals surface area contributed by atoms with Gasteiger partial charge in [0.15, 0.2) is 0 Å². The number of likely N-dealkylation sites (tertiary alicyclic amines) is 1. The minimum atomic E-state index is -0.0228. The van der Waals surface area contributed by atoms with Crippen molar-refractivity contribution >= 4 is 0 Å². The van der Waals surface area contributed by atoms with E-state index < -0.39 is 0 Å². The maximum Gasteiger partial charge on any atom is 0.0613 e. The predicted molar refractivity (Wildman–Crippen MR) is 80.4 cm³/mol. The average molecular weight is 268 g/mol. The van der Waals surface area contributed by atoms with E-state index in [2.05, 4.69) is 31.0 Å². The maximum atomic E-state index is 9.77. The summed E-state index contributed by atoms with van der Waals surface area (Å²) in [6.07, 6.45) is 8.57. The van der Waals surface area contributed by atoms with Crippen molar-refractivity contribution in [3.63, 3.8) is 0 Å². The zero-order valence-corrected chi connectivity index (χ0v) is 13.0. The molecule has 1 saturated heterocycles. The molecule has 2 aliphatic rings. The fraction of sp³-hybridized carbons (Fsp3) is 1.00. The van der Waals surface area contributed by atoms with Gasteiger partial charge >= 0.3 is 0 Å². The summed E-state index contributed by atoms with van der Waals surface area (Å²) >= 11 is 0. The minimum absolute atomic E-state index is 0.0228. The fourth-order valence-electron chi connectivity index (χ4n) is 3.43. The van der Waals surface area contributed by atoms with Gasteiger partial charge in [0.05, 0.1) is 6.61 Å². The van der Waals surface area contributed by atoms with Crippen LogP contribution in [0.25, 0.3) is 0 Å². The van der Waals surface area contributed by atoms with Crippen LogP contribution in [0.3, 0.4) is 0 Å². The molecule has 1 heterocycles. The van der Waals surface area contributed by atoms with Crippen LogP contribution in [0.1, 0.15) is 65.7 Å². The minimum Gasteiger partial charge on any atom is -0.394 e. The second-order valence-corrected chi connectivity index (χ2v) is 7.22. The first kappa shape index (κ1) is 15.3. The van der Waals surface area contributed by atoms with Gasteiger partial charge in [-0.05, 0) is 71.9 Å². The van der Waals surface area contributed by atoms with Gasteiger partial charge in [-0.2, -0.15) is 0 Å². The number of hydrogen-bond acceptors (Lipinski definition) is 3. The lowest BCUT2D eigenvalue weighted by atomic mass is 9.90. The third-order valence-corrected chi connectivity index (χ3v) is 5.22. The molecule has 2 fully saturated rings. The summed E-state index contributed by atoms with van der Waals surface area (Å²) in [6, 6.07) is 0.676. The second kappa shape index (κ2) is 6.11. The van der Waals surface area contributed by atoms with Gasteiger partial charge in [-0.25, -0.2) is 0 Å². The van der Waals surface area contributed by atoms with E-state index in [0.29, 0.717) is 11.6 Å². The highest BCUT2D eigenvalue weighted by molar-refractivity contribution is 4.95. The second-order valence-electron chi connectivity index (χ2n) is 7.22.